The molecule has 1 aromatic carbocycles. The van der Waals surface area contributed by atoms with Gasteiger partial charge in [0.2, 0.25) is 11.9 Å². The first-order chi connectivity index (χ1) is 14.8. The van der Waals surface area contributed by atoms with Gasteiger partial charge in [0.05, 0.1) is 11.6 Å². The number of likely N-dealkylation sites (tertiary alicyclic amines) is 2. The second kappa shape index (κ2) is 8.71. The zero-order valence-corrected chi connectivity index (χ0v) is 17.6. The highest BCUT2D eigenvalue weighted by atomic mass is 16.2. The van der Waals surface area contributed by atoms with Crippen LogP contribution in [-0.2, 0) is 4.79 Å². The van der Waals surface area contributed by atoms with Crippen LogP contribution >= 0.6 is 0 Å². The fourth-order valence-electron chi connectivity index (χ4n) is 5.28. The minimum atomic E-state index is 0.195. The largest absolute Gasteiger partial charge is 0.342 e. The number of hydrogen-bond donors (Lipinski definition) is 0. The van der Waals surface area contributed by atoms with E-state index < -0.39 is 0 Å². The van der Waals surface area contributed by atoms with Gasteiger partial charge >= 0.3 is 0 Å². The van der Waals surface area contributed by atoms with Gasteiger partial charge in [0.1, 0.15) is 0 Å². The summed E-state index contributed by atoms with van der Waals surface area (Å²) in [4.78, 5) is 19.8. The maximum absolute atomic E-state index is 12.9. The minimum Gasteiger partial charge on any atom is -0.342 e. The second-order valence-corrected chi connectivity index (χ2v) is 8.81. The van der Waals surface area contributed by atoms with Crippen LogP contribution < -0.4 is 4.90 Å². The number of carbonyl (C=O) groups is 1. The third kappa shape index (κ3) is 3.93. The van der Waals surface area contributed by atoms with E-state index in [9.17, 15) is 4.79 Å². The van der Waals surface area contributed by atoms with Crippen LogP contribution in [0, 0.1) is 5.92 Å². The average molecular weight is 410 g/mol. The molecule has 3 aliphatic rings. The maximum atomic E-state index is 12.9. The molecule has 1 aromatic heterocycles. The molecule has 0 spiro atoms. The van der Waals surface area contributed by atoms with Crippen molar-refractivity contribution in [1.29, 1.82) is 0 Å². The van der Waals surface area contributed by atoms with Crippen LogP contribution in [-0.4, -0.2) is 81.2 Å². The SMILES string of the molecule is O=C(C1CCCN(C2CCN(c3nnnn3-c3ccccc3)CC2)C1)N1CCCC1. The summed E-state index contributed by atoms with van der Waals surface area (Å²) in [6.45, 7) is 5.86. The van der Waals surface area contributed by atoms with E-state index in [4.69, 9.17) is 0 Å². The lowest BCUT2D eigenvalue weighted by molar-refractivity contribution is -0.136. The molecular weight excluding hydrogens is 378 g/mol. The number of para-hydroxylation sites is 1. The summed E-state index contributed by atoms with van der Waals surface area (Å²) in [6.07, 6.45) is 6.71. The molecule has 4 heterocycles. The van der Waals surface area contributed by atoms with Crippen LogP contribution in [0.4, 0.5) is 5.95 Å². The fourth-order valence-corrected chi connectivity index (χ4v) is 5.28. The monoisotopic (exact) mass is 409 g/mol. The predicted octanol–water partition coefficient (Wildman–Crippen LogP) is 1.97. The van der Waals surface area contributed by atoms with Crippen LogP contribution in [0.25, 0.3) is 5.69 Å². The molecule has 30 heavy (non-hydrogen) atoms. The van der Waals surface area contributed by atoms with E-state index in [-0.39, 0.29) is 5.92 Å². The van der Waals surface area contributed by atoms with Crippen molar-refractivity contribution in [2.75, 3.05) is 44.2 Å². The topological polar surface area (TPSA) is 70.4 Å². The van der Waals surface area contributed by atoms with Gasteiger partial charge in [-0.2, -0.15) is 4.68 Å². The molecule has 3 saturated heterocycles. The molecule has 0 aliphatic carbocycles. The van der Waals surface area contributed by atoms with E-state index in [1.54, 1.807) is 0 Å². The smallest absolute Gasteiger partial charge is 0.250 e. The van der Waals surface area contributed by atoms with Crippen LogP contribution in [0.2, 0.25) is 0 Å². The standard InChI is InChI=1S/C22H31N7O/c30-21(26-12-4-5-13-26)18-7-6-14-28(17-18)19-10-15-27(16-11-19)22-23-24-25-29(22)20-8-2-1-3-9-20/h1-3,8-9,18-19H,4-7,10-17H2. The van der Waals surface area contributed by atoms with Gasteiger partial charge in [-0.25, -0.2) is 0 Å². The summed E-state index contributed by atoms with van der Waals surface area (Å²) in [5.74, 6) is 1.41. The number of benzene rings is 1. The number of amides is 1. The Labute approximate surface area is 177 Å². The molecule has 0 saturated carbocycles. The Hall–Kier alpha value is -2.48. The minimum absolute atomic E-state index is 0.195. The van der Waals surface area contributed by atoms with Gasteiger partial charge in [0.25, 0.3) is 0 Å². The Morgan fingerprint density at radius 1 is 0.900 bits per heavy atom. The first-order valence-corrected chi connectivity index (χ1v) is 11.4. The van der Waals surface area contributed by atoms with Crippen molar-refractivity contribution in [3.05, 3.63) is 30.3 Å². The van der Waals surface area contributed by atoms with Crippen molar-refractivity contribution in [3.8, 4) is 5.69 Å². The predicted molar refractivity (Wildman–Crippen MR) is 115 cm³/mol. The molecule has 160 valence electrons. The quantitative estimate of drug-likeness (QED) is 0.769. The number of piperidine rings is 2. The van der Waals surface area contributed by atoms with Crippen LogP contribution in [0.3, 0.4) is 0 Å². The molecule has 1 unspecified atom stereocenters. The molecule has 5 rings (SSSR count). The summed E-state index contributed by atoms with van der Waals surface area (Å²) >= 11 is 0. The Kier molecular flexibility index (Phi) is 5.66. The summed E-state index contributed by atoms with van der Waals surface area (Å²) in [7, 11) is 0. The van der Waals surface area contributed by atoms with E-state index in [1.165, 1.54) is 12.8 Å². The molecule has 2 aromatic rings. The fraction of sp³-hybridized carbons (Fsp3) is 0.636. The molecule has 3 aliphatic heterocycles. The Bertz CT molecular complexity index is 840. The second-order valence-electron chi connectivity index (χ2n) is 8.81. The van der Waals surface area contributed by atoms with Crippen LogP contribution in [0.15, 0.2) is 30.3 Å². The number of carbonyl (C=O) groups excluding carboxylic acids is 1. The zero-order chi connectivity index (χ0) is 20.3. The lowest BCUT2D eigenvalue weighted by Gasteiger charge is -2.42. The van der Waals surface area contributed by atoms with E-state index in [1.807, 2.05) is 35.0 Å². The first-order valence-electron chi connectivity index (χ1n) is 11.4. The highest BCUT2D eigenvalue weighted by molar-refractivity contribution is 5.79. The number of tetrazole rings is 1. The third-order valence-corrected chi connectivity index (χ3v) is 6.94. The lowest BCUT2D eigenvalue weighted by atomic mass is 9.93. The molecule has 3 fully saturated rings. The summed E-state index contributed by atoms with van der Waals surface area (Å²) in [6, 6.07) is 10.6. The summed E-state index contributed by atoms with van der Waals surface area (Å²) < 4.78 is 1.83. The molecular formula is C22H31N7O. The normalized spacial score (nSPS) is 23.8. The molecule has 1 amide bonds. The number of rotatable bonds is 4. The van der Waals surface area contributed by atoms with Crippen LogP contribution in [0.1, 0.15) is 38.5 Å². The summed E-state index contributed by atoms with van der Waals surface area (Å²) in [5.41, 5.74) is 0.985. The lowest BCUT2D eigenvalue weighted by Crippen LogP contribution is -2.51. The number of hydrogen-bond acceptors (Lipinski definition) is 6. The highest BCUT2D eigenvalue weighted by Crippen LogP contribution is 2.27. The van der Waals surface area contributed by atoms with E-state index in [2.05, 4.69) is 30.2 Å². The van der Waals surface area contributed by atoms with Gasteiger partial charge in [-0.1, -0.05) is 23.3 Å². The van der Waals surface area contributed by atoms with Crippen molar-refractivity contribution in [3.63, 3.8) is 0 Å². The van der Waals surface area contributed by atoms with Crippen molar-refractivity contribution in [1.82, 2.24) is 30.0 Å². The van der Waals surface area contributed by atoms with Crippen molar-refractivity contribution < 1.29 is 4.79 Å². The van der Waals surface area contributed by atoms with Gasteiger partial charge in [-0.15, -0.1) is 0 Å². The Morgan fingerprint density at radius 2 is 1.67 bits per heavy atom. The van der Waals surface area contributed by atoms with Crippen molar-refractivity contribution in [2.24, 2.45) is 5.92 Å². The summed E-state index contributed by atoms with van der Waals surface area (Å²) in [5, 5.41) is 12.4. The van der Waals surface area contributed by atoms with Crippen molar-refractivity contribution in [2.45, 2.75) is 44.6 Å². The highest BCUT2D eigenvalue weighted by Gasteiger charge is 2.34. The van der Waals surface area contributed by atoms with E-state index in [0.717, 1.165) is 76.6 Å². The van der Waals surface area contributed by atoms with Crippen molar-refractivity contribution >= 4 is 11.9 Å². The van der Waals surface area contributed by atoms with Gasteiger partial charge in [0.15, 0.2) is 0 Å². The molecule has 0 bridgehead atoms. The van der Waals surface area contributed by atoms with Gasteiger partial charge < -0.3 is 9.80 Å². The molecule has 8 heteroatoms. The number of anilines is 1. The maximum Gasteiger partial charge on any atom is 0.250 e. The molecule has 1 atom stereocenters. The average Bonchev–Trinajstić information content (AvgIpc) is 3.52. The number of nitrogens with zero attached hydrogens (tertiary/aromatic N) is 7. The van der Waals surface area contributed by atoms with Gasteiger partial charge in [-0.05, 0) is 67.6 Å². The molecule has 0 radical (unpaired) electrons. The van der Waals surface area contributed by atoms with Gasteiger partial charge in [0, 0.05) is 38.8 Å². The Balaban J connectivity index is 1.19. The zero-order valence-electron chi connectivity index (χ0n) is 17.6. The number of aromatic nitrogens is 4. The first kappa shape index (κ1) is 19.5. The molecule has 8 nitrogen and oxygen atoms in total. The van der Waals surface area contributed by atoms with E-state index in [0.29, 0.717) is 11.9 Å². The third-order valence-electron chi connectivity index (χ3n) is 6.94. The molecule has 0 N–H and O–H groups in total. The van der Waals surface area contributed by atoms with Crippen LogP contribution in [0.5, 0.6) is 0 Å². The van der Waals surface area contributed by atoms with Gasteiger partial charge in [-0.3, -0.25) is 9.69 Å². The van der Waals surface area contributed by atoms with E-state index >= 15 is 0 Å². The Morgan fingerprint density at radius 3 is 2.43 bits per heavy atom.